The van der Waals surface area contributed by atoms with Crippen molar-refractivity contribution in [1.82, 2.24) is 30.6 Å². The standard InChI is InChI=1S/C12H12N6OS/c19-11-10-6-3-1-2-4-7(6)20-12(10)14-8(13-11)5-9-15-17-18-16-9/h1-5H2,(H,13,14,19)(H,15,16,17,18). The lowest BCUT2D eigenvalue weighted by Crippen LogP contribution is -2.13. The van der Waals surface area contributed by atoms with Gasteiger partial charge in [-0.05, 0) is 31.2 Å². The van der Waals surface area contributed by atoms with E-state index in [0.29, 0.717) is 18.1 Å². The summed E-state index contributed by atoms with van der Waals surface area (Å²) in [6.45, 7) is 0. The van der Waals surface area contributed by atoms with Gasteiger partial charge in [-0.15, -0.1) is 21.5 Å². The van der Waals surface area contributed by atoms with E-state index in [-0.39, 0.29) is 5.56 Å². The molecule has 102 valence electrons. The maximum absolute atomic E-state index is 12.3. The highest BCUT2D eigenvalue weighted by Gasteiger charge is 2.19. The summed E-state index contributed by atoms with van der Waals surface area (Å²) in [7, 11) is 0. The molecule has 7 nitrogen and oxygen atoms in total. The number of thiophene rings is 1. The number of fused-ring (bicyclic) bond motifs is 3. The minimum atomic E-state index is -0.0482. The predicted molar refractivity (Wildman–Crippen MR) is 73.9 cm³/mol. The monoisotopic (exact) mass is 288 g/mol. The third-order valence-corrected chi connectivity index (χ3v) is 4.77. The minimum Gasteiger partial charge on any atom is -0.310 e. The topological polar surface area (TPSA) is 100 Å². The van der Waals surface area contributed by atoms with Crippen molar-refractivity contribution in [2.45, 2.75) is 32.1 Å². The molecule has 0 aromatic carbocycles. The van der Waals surface area contributed by atoms with E-state index in [1.165, 1.54) is 16.9 Å². The molecule has 0 aliphatic heterocycles. The van der Waals surface area contributed by atoms with Gasteiger partial charge in [0.05, 0.1) is 11.8 Å². The number of aromatic amines is 2. The summed E-state index contributed by atoms with van der Waals surface area (Å²) in [6.07, 6.45) is 4.79. The van der Waals surface area contributed by atoms with Gasteiger partial charge in [0.1, 0.15) is 10.7 Å². The first-order valence-corrected chi connectivity index (χ1v) is 7.38. The second-order valence-corrected chi connectivity index (χ2v) is 5.99. The van der Waals surface area contributed by atoms with Crippen molar-refractivity contribution in [1.29, 1.82) is 0 Å². The quantitative estimate of drug-likeness (QED) is 0.731. The van der Waals surface area contributed by atoms with Crippen molar-refractivity contribution in [3.05, 3.63) is 32.4 Å². The number of aromatic nitrogens is 6. The first kappa shape index (κ1) is 11.7. The van der Waals surface area contributed by atoms with Crippen LogP contribution in [0.2, 0.25) is 0 Å². The molecule has 3 heterocycles. The SMILES string of the molecule is O=c1[nH]c(Cc2nn[nH]n2)nc2sc3c(c12)CCCC3. The number of tetrazole rings is 1. The van der Waals surface area contributed by atoms with E-state index >= 15 is 0 Å². The van der Waals surface area contributed by atoms with Gasteiger partial charge in [-0.25, -0.2) is 4.98 Å². The predicted octanol–water partition coefficient (Wildman–Crippen LogP) is 0.967. The Hall–Kier alpha value is -2.09. The van der Waals surface area contributed by atoms with Gasteiger partial charge < -0.3 is 4.98 Å². The first-order valence-electron chi connectivity index (χ1n) is 6.57. The number of hydrogen-bond acceptors (Lipinski definition) is 6. The molecule has 0 saturated carbocycles. The summed E-state index contributed by atoms with van der Waals surface area (Å²) >= 11 is 1.65. The highest BCUT2D eigenvalue weighted by Crippen LogP contribution is 2.33. The molecular formula is C12H12N6OS. The van der Waals surface area contributed by atoms with E-state index in [9.17, 15) is 4.79 Å². The maximum atomic E-state index is 12.3. The molecule has 20 heavy (non-hydrogen) atoms. The summed E-state index contributed by atoms with van der Waals surface area (Å²) < 4.78 is 0. The average Bonchev–Trinajstić information content (AvgIpc) is 3.05. The van der Waals surface area contributed by atoms with Crippen LogP contribution in [0, 0.1) is 0 Å². The summed E-state index contributed by atoms with van der Waals surface area (Å²) in [5.74, 6) is 1.11. The zero-order valence-electron chi connectivity index (χ0n) is 10.6. The Labute approximate surface area is 117 Å². The summed E-state index contributed by atoms with van der Waals surface area (Å²) in [5, 5.41) is 14.4. The zero-order valence-corrected chi connectivity index (χ0v) is 11.5. The molecule has 0 saturated heterocycles. The lowest BCUT2D eigenvalue weighted by Gasteiger charge is -2.09. The first-order chi connectivity index (χ1) is 9.81. The Balaban J connectivity index is 1.84. The van der Waals surface area contributed by atoms with Crippen LogP contribution in [-0.2, 0) is 19.3 Å². The number of H-pyrrole nitrogens is 2. The molecule has 0 spiro atoms. The van der Waals surface area contributed by atoms with E-state index < -0.39 is 0 Å². The second kappa shape index (κ2) is 4.48. The number of nitrogens with one attached hydrogen (secondary N) is 2. The van der Waals surface area contributed by atoms with E-state index in [1.54, 1.807) is 11.3 Å². The van der Waals surface area contributed by atoms with Gasteiger partial charge in [-0.3, -0.25) is 4.79 Å². The lowest BCUT2D eigenvalue weighted by atomic mass is 9.97. The number of hydrogen-bond donors (Lipinski definition) is 2. The number of aryl methyl sites for hydroxylation is 2. The fourth-order valence-corrected chi connectivity index (χ4v) is 3.98. The Morgan fingerprint density at radius 2 is 2.15 bits per heavy atom. The van der Waals surface area contributed by atoms with Gasteiger partial charge in [-0.1, -0.05) is 5.21 Å². The van der Waals surface area contributed by atoms with Crippen molar-refractivity contribution in [2.24, 2.45) is 0 Å². The van der Waals surface area contributed by atoms with Crippen LogP contribution >= 0.6 is 11.3 Å². The van der Waals surface area contributed by atoms with Crippen LogP contribution in [0.3, 0.4) is 0 Å². The molecule has 0 atom stereocenters. The van der Waals surface area contributed by atoms with Gasteiger partial charge in [-0.2, -0.15) is 5.21 Å². The van der Waals surface area contributed by atoms with Crippen molar-refractivity contribution < 1.29 is 0 Å². The summed E-state index contributed by atoms with van der Waals surface area (Å²) in [6, 6.07) is 0. The summed E-state index contributed by atoms with van der Waals surface area (Å²) in [4.78, 5) is 21.9. The van der Waals surface area contributed by atoms with E-state index in [0.717, 1.165) is 29.5 Å². The Kier molecular flexibility index (Phi) is 2.62. The van der Waals surface area contributed by atoms with Gasteiger partial charge in [0.2, 0.25) is 0 Å². The molecule has 1 aliphatic carbocycles. The molecule has 0 amide bonds. The smallest absolute Gasteiger partial charge is 0.259 e. The number of rotatable bonds is 2. The highest BCUT2D eigenvalue weighted by atomic mass is 32.1. The van der Waals surface area contributed by atoms with Crippen molar-refractivity contribution in [2.75, 3.05) is 0 Å². The van der Waals surface area contributed by atoms with Crippen molar-refractivity contribution in [3.8, 4) is 0 Å². The molecule has 0 unspecified atom stereocenters. The summed E-state index contributed by atoms with van der Waals surface area (Å²) in [5.41, 5.74) is 1.16. The maximum Gasteiger partial charge on any atom is 0.259 e. The van der Waals surface area contributed by atoms with Crippen LogP contribution in [0.15, 0.2) is 4.79 Å². The minimum absolute atomic E-state index is 0.0482. The molecule has 3 aromatic heterocycles. The average molecular weight is 288 g/mol. The molecule has 4 rings (SSSR count). The van der Waals surface area contributed by atoms with Crippen LogP contribution in [0.25, 0.3) is 10.2 Å². The van der Waals surface area contributed by atoms with Crippen molar-refractivity contribution >= 4 is 21.6 Å². The molecule has 0 fully saturated rings. The molecule has 3 aromatic rings. The molecule has 8 heteroatoms. The van der Waals surface area contributed by atoms with Gasteiger partial charge in [0, 0.05) is 4.88 Å². The van der Waals surface area contributed by atoms with E-state index in [4.69, 9.17) is 0 Å². The van der Waals surface area contributed by atoms with Crippen LogP contribution in [-0.4, -0.2) is 30.6 Å². The van der Waals surface area contributed by atoms with E-state index in [2.05, 4.69) is 30.6 Å². The van der Waals surface area contributed by atoms with Crippen LogP contribution in [0.5, 0.6) is 0 Å². The van der Waals surface area contributed by atoms with Crippen LogP contribution < -0.4 is 5.56 Å². The van der Waals surface area contributed by atoms with E-state index in [1.807, 2.05) is 0 Å². The molecule has 0 radical (unpaired) electrons. The fraction of sp³-hybridized carbons (Fsp3) is 0.417. The van der Waals surface area contributed by atoms with Crippen LogP contribution in [0.4, 0.5) is 0 Å². The third kappa shape index (κ3) is 1.83. The van der Waals surface area contributed by atoms with Crippen LogP contribution in [0.1, 0.15) is 34.9 Å². The van der Waals surface area contributed by atoms with Crippen molar-refractivity contribution in [3.63, 3.8) is 0 Å². The molecule has 2 N–H and O–H groups in total. The highest BCUT2D eigenvalue weighted by molar-refractivity contribution is 7.18. The second-order valence-electron chi connectivity index (χ2n) is 4.91. The molecular weight excluding hydrogens is 276 g/mol. The largest absolute Gasteiger partial charge is 0.310 e. The normalized spacial score (nSPS) is 14.6. The van der Waals surface area contributed by atoms with Gasteiger partial charge in [0.15, 0.2) is 5.82 Å². The van der Waals surface area contributed by atoms with Gasteiger partial charge >= 0.3 is 0 Å². The Bertz CT molecular complexity index is 818. The van der Waals surface area contributed by atoms with Gasteiger partial charge in [0.25, 0.3) is 5.56 Å². The molecule has 0 bridgehead atoms. The molecule has 1 aliphatic rings. The lowest BCUT2D eigenvalue weighted by molar-refractivity contribution is 0.700. The Morgan fingerprint density at radius 1 is 1.25 bits per heavy atom. The third-order valence-electron chi connectivity index (χ3n) is 3.59. The Morgan fingerprint density at radius 3 is 3.00 bits per heavy atom. The fourth-order valence-electron chi connectivity index (χ4n) is 2.70. The zero-order chi connectivity index (χ0) is 13.5. The number of nitrogens with zero attached hydrogens (tertiary/aromatic N) is 4.